The summed E-state index contributed by atoms with van der Waals surface area (Å²) >= 11 is 0. The van der Waals surface area contributed by atoms with Crippen LogP contribution in [0.4, 0.5) is 0 Å². The van der Waals surface area contributed by atoms with Crippen LogP contribution in [-0.4, -0.2) is 94.8 Å². The van der Waals surface area contributed by atoms with E-state index in [0.717, 1.165) is 55.9 Å². The lowest BCUT2D eigenvalue weighted by atomic mass is 9.69. The van der Waals surface area contributed by atoms with Gasteiger partial charge < -0.3 is 20.1 Å². The molecule has 0 aromatic heterocycles. The summed E-state index contributed by atoms with van der Waals surface area (Å²) in [6.45, 7) is 6.98. The van der Waals surface area contributed by atoms with Crippen LogP contribution >= 0.6 is 0 Å². The van der Waals surface area contributed by atoms with E-state index >= 15 is 0 Å². The van der Waals surface area contributed by atoms with Gasteiger partial charge in [0.15, 0.2) is 0 Å². The van der Waals surface area contributed by atoms with Gasteiger partial charge in [-0.3, -0.25) is 34.3 Å². The molecule has 1 aliphatic carbocycles. The predicted molar refractivity (Wildman–Crippen MR) is 211 cm³/mol. The SMILES string of the molecule is C[C@H](COc1ccc([C@@H]2c3ccc(O)cc3CC[C@@H]2c2ccccc2)cc1)N1CCN(CC(=O)NCc2ccc3c(c2)CN(C2CCC(=O)NC2=O)C3=O)CC1. The number of phenols is 1. The molecule has 1 unspecified atom stereocenters. The third kappa shape index (κ3) is 8.06. The van der Waals surface area contributed by atoms with Crippen molar-refractivity contribution >= 4 is 23.6 Å². The van der Waals surface area contributed by atoms with Crippen molar-refractivity contribution in [3.8, 4) is 11.5 Å². The topological polar surface area (TPSA) is 132 Å². The zero-order valence-electron chi connectivity index (χ0n) is 31.8. The number of rotatable bonds is 11. The minimum absolute atomic E-state index is 0.0509. The molecule has 2 saturated heterocycles. The fraction of sp³-hybridized carbons (Fsp3) is 0.378. The Hall–Kier alpha value is -5.52. The lowest BCUT2D eigenvalue weighted by molar-refractivity contribution is -0.137. The van der Waals surface area contributed by atoms with Crippen LogP contribution in [0.15, 0.2) is 91.0 Å². The van der Waals surface area contributed by atoms with Crippen molar-refractivity contribution in [3.05, 3.63) is 130 Å². The number of hydrogen-bond donors (Lipinski definition) is 3. The Balaban J connectivity index is 0.789. The van der Waals surface area contributed by atoms with Crippen LogP contribution in [0, 0.1) is 0 Å². The first-order valence-corrected chi connectivity index (χ1v) is 19.8. The fourth-order valence-electron chi connectivity index (χ4n) is 8.93. The van der Waals surface area contributed by atoms with E-state index in [1.807, 2.05) is 18.2 Å². The second kappa shape index (κ2) is 16.3. The molecule has 0 saturated carbocycles. The van der Waals surface area contributed by atoms with E-state index in [1.165, 1.54) is 27.2 Å². The second-order valence-electron chi connectivity index (χ2n) is 15.6. The van der Waals surface area contributed by atoms with Crippen molar-refractivity contribution in [1.82, 2.24) is 25.3 Å². The lowest BCUT2D eigenvalue weighted by Gasteiger charge is -2.37. The summed E-state index contributed by atoms with van der Waals surface area (Å²) in [7, 11) is 0. The average molecular weight is 756 g/mol. The molecule has 4 aromatic rings. The van der Waals surface area contributed by atoms with Gasteiger partial charge in [0, 0.05) is 63.2 Å². The number of carbonyl (C=O) groups excluding carboxylic acids is 4. The number of piperazine rings is 1. The molecule has 8 rings (SSSR count). The first-order valence-electron chi connectivity index (χ1n) is 19.8. The number of ether oxygens (including phenoxy) is 1. The number of carbonyl (C=O) groups is 4. The predicted octanol–water partition coefficient (Wildman–Crippen LogP) is 4.72. The van der Waals surface area contributed by atoms with Crippen molar-refractivity contribution in [3.63, 3.8) is 0 Å². The van der Waals surface area contributed by atoms with Crippen molar-refractivity contribution in [1.29, 1.82) is 0 Å². The molecule has 11 heteroatoms. The zero-order valence-corrected chi connectivity index (χ0v) is 31.8. The molecule has 3 heterocycles. The Kier molecular flexibility index (Phi) is 10.9. The monoisotopic (exact) mass is 755 g/mol. The molecule has 3 aliphatic heterocycles. The largest absolute Gasteiger partial charge is 0.508 e. The molecule has 0 bridgehead atoms. The number of imide groups is 1. The summed E-state index contributed by atoms with van der Waals surface area (Å²) in [4.78, 5) is 56.0. The van der Waals surface area contributed by atoms with Crippen molar-refractivity contribution in [2.75, 3.05) is 39.3 Å². The molecule has 4 atom stereocenters. The summed E-state index contributed by atoms with van der Waals surface area (Å²) in [6.07, 6.45) is 2.50. The minimum atomic E-state index is -0.651. The first kappa shape index (κ1) is 37.4. The molecule has 0 radical (unpaired) electrons. The van der Waals surface area contributed by atoms with Crippen molar-refractivity contribution in [2.24, 2.45) is 0 Å². The molecule has 4 amide bonds. The molecule has 4 aliphatic rings. The normalized spacial score (nSPS) is 21.9. The summed E-state index contributed by atoms with van der Waals surface area (Å²) in [5, 5.41) is 15.5. The number of benzene rings is 4. The van der Waals surface area contributed by atoms with Gasteiger partial charge in [0.1, 0.15) is 24.1 Å². The van der Waals surface area contributed by atoms with E-state index in [1.54, 1.807) is 12.1 Å². The second-order valence-corrected chi connectivity index (χ2v) is 15.6. The van der Waals surface area contributed by atoms with E-state index in [4.69, 9.17) is 4.74 Å². The van der Waals surface area contributed by atoms with Gasteiger partial charge >= 0.3 is 0 Å². The van der Waals surface area contributed by atoms with Gasteiger partial charge in [-0.25, -0.2) is 0 Å². The standard InChI is InChI=1S/C45H49N5O6/c1-29(28-56-36-12-8-32(9-13-36)43-37(31-5-3-2-4-6-31)15-10-33-24-35(51)11-16-38(33)43)49-21-19-48(20-22-49)27-42(53)46-25-30-7-14-39-34(23-30)26-50(45(39)55)40-17-18-41(52)47-44(40)54/h2-9,11-14,16,23-24,29,37,40,43,51H,10,15,17-22,25-28H2,1H3,(H,46,53)(H,47,52,54)/t29-,37-,40?,43+/m1/s1. The maximum Gasteiger partial charge on any atom is 0.255 e. The van der Waals surface area contributed by atoms with Gasteiger partial charge in [-0.05, 0) is 95.8 Å². The molecule has 4 aromatic carbocycles. The molecular formula is C45H49N5O6. The lowest BCUT2D eigenvalue weighted by Crippen LogP contribution is -2.52. The van der Waals surface area contributed by atoms with E-state index in [-0.39, 0.29) is 36.1 Å². The van der Waals surface area contributed by atoms with Gasteiger partial charge in [0.25, 0.3) is 5.91 Å². The van der Waals surface area contributed by atoms with Crippen molar-refractivity contribution < 1.29 is 29.0 Å². The highest BCUT2D eigenvalue weighted by Crippen LogP contribution is 2.47. The number of aryl methyl sites for hydroxylation is 1. The Morgan fingerprint density at radius 2 is 1.66 bits per heavy atom. The van der Waals surface area contributed by atoms with E-state index in [0.29, 0.717) is 49.9 Å². The summed E-state index contributed by atoms with van der Waals surface area (Å²) in [6, 6.07) is 30.2. The number of aromatic hydroxyl groups is 1. The van der Waals surface area contributed by atoms with Crippen LogP contribution in [0.1, 0.15) is 81.8 Å². The van der Waals surface area contributed by atoms with Gasteiger partial charge in [0.2, 0.25) is 17.7 Å². The number of nitrogens with one attached hydrogen (secondary N) is 2. The number of hydrogen-bond acceptors (Lipinski definition) is 8. The van der Waals surface area contributed by atoms with Crippen LogP contribution in [0.2, 0.25) is 0 Å². The Labute approximate surface area is 327 Å². The fourth-order valence-corrected chi connectivity index (χ4v) is 8.93. The Morgan fingerprint density at radius 3 is 2.43 bits per heavy atom. The molecule has 11 nitrogen and oxygen atoms in total. The number of nitrogens with zero attached hydrogens (tertiary/aromatic N) is 3. The number of phenolic OH excluding ortho intramolecular Hbond substituents is 1. The minimum Gasteiger partial charge on any atom is -0.508 e. The van der Waals surface area contributed by atoms with E-state index < -0.39 is 11.9 Å². The Morgan fingerprint density at radius 1 is 0.875 bits per heavy atom. The van der Waals surface area contributed by atoms with Gasteiger partial charge in [-0.2, -0.15) is 0 Å². The van der Waals surface area contributed by atoms with Crippen molar-refractivity contribution in [2.45, 2.75) is 69.6 Å². The molecule has 56 heavy (non-hydrogen) atoms. The highest BCUT2D eigenvalue weighted by Gasteiger charge is 2.39. The van der Waals surface area contributed by atoms with Gasteiger partial charge in [-0.1, -0.05) is 60.7 Å². The summed E-state index contributed by atoms with van der Waals surface area (Å²) in [5.41, 5.74) is 7.34. The summed E-state index contributed by atoms with van der Waals surface area (Å²) < 4.78 is 6.30. The van der Waals surface area contributed by atoms with Gasteiger partial charge in [-0.15, -0.1) is 0 Å². The first-order chi connectivity index (χ1) is 27.2. The number of fused-ring (bicyclic) bond motifs is 2. The van der Waals surface area contributed by atoms with Gasteiger partial charge in [0.05, 0.1) is 6.54 Å². The highest BCUT2D eigenvalue weighted by molar-refractivity contribution is 6.05. The zero-order chi connectivity index (χ0) is 38.8. The Bertz CT molecular complexity index is 2100. The quantitative estimate of drug-likeness (QED) is 0.188. The number of piperidine rings is 1. The van der Waals surface area contributed by atoms with E-state index in [2.05, 4.69) is 88.0 Å². The maximum atomic E-state index is 13.0. The molecule has 0 spiro atoms. The maximum absolute atomic E-state index is 13.0. The van der Waals surface area contributed by atoms with E-state index in [9.17, 15) is 24.3 Å². The van der Waals surface area contributed by atoms with Crippen LogP contribution in [0.5, 0.6) is 11.5 Å². The molecule has 2 fully saturated rings. The van der Waals surface area contributed by atoms with Crippen LogP contribution < -0.4 is 15.4 Å². The van der Waals surface area contributed by atoms with Crippen LogP contribution in [0.3, 0.4) is 0 Å². The summed E-state index contributed by atoms with van der Waals surface area (Å²) in [5.74, 6) is 0.711. The number of amides is 4. The third-order valence-corrected chi connectivity index (χ3v) is 12.0. The van der Waals surface area contributed by atoms with Crippen LogP contribution in [0.25, 0.3) is 0 Å². The smallest absolute Gasteiger partial charge is 0.255 e. The molecule has 3 N–H and O–H groups in total. The third-order valence-electron chi connectivity index (χ3n) is 12.0. The molecule has 290 valence electrons. The molecular weight excluding hydrogens is 707 g/mol. The van der Waals surface area contributed by atoms with Crippen LogP contribution in [-0.2, 0) is 33.9 Å². The average Bonchev–Trinajstić information content (AvgIpc) is 3.54. The highest BCUT2D eigenvalue weighted by atomic mass is 16.5.